The fourth-order valence-corrected chi connectivity index (χ4v) is 2.36. The molecule has 5 heteroatoms. The van der Waals surface area contributed by atoms with Crippen molar-refractivity contribution >= 4 is 12.4 Å². The Morgan fingerprint density at radius 3 is 2.40 bits per heavy atom. The first-order chi connectivity index (χ1) is 9.31. The minimum Gasteiger partial charge on any atom is -0.497 e. The van der Waals surface area contributed by atoms with Gasteiger partial charge in [0.15, 0.2) is 0 Å². The SMILES string of the molecule is COc1cc(COCC2CCCNC2)cc(OC)c1.Cl. The van der Waals surface area contributed by atoms with Crippen LogP contribution in [0.2, 0.25) is 0 Å². The predicted molar refractivity (Wildman–Crippen MR) is 82.0 cm³/mol. The first-order valence-corrected chi connectivity index (χ1v) is 6.82. The fraction of sp³-hybridized carbons (Fsp3) is 0.600. The van der Waals surface area contributed by atoms with Crippen LogP contribution < -0.4 is 14.8 Å². The average Bonchev–Trinajstić information content (AvgIpc) is 2.48. The van der Waals surface area contributed by atoms with Crippen molar-refractivity contribution in [1.29, 1.82) is 0 Å². The van der Waals surface area contributed by atoms with E-state index in [9.17, 15) is 0 Å². The van der Waals surface area contributed by atoms with Gasteiger partial charge in [-0.15, -0.1) is 12.4 Å². The zero-order valence-corrected chi connectivity index (χ0v) is 13.0. The summed E-state index contributed by atoms with van der Waals surface area (Å²) in [6.45, 7) is 3.63. The molecule has 1 aliphatic rings. The summed E-state index contributed by atoms with van der Waals surface area (Å²) >= 11 is 0. The van der Waals surface area contributed by atoms with Crippen LogP contribution in [0.5, 0.6) is 11.5 Å². The third-order valence-electron chi connectivity index (χ3n) is 3.43. The smallest absolute Gasteiger partial charge is 0.122 e. The van der Waals surface area contributed by atoms with Crippen LogP contribution in [0.4, 0.5) is 0 Å². The molecule has 0 aromatic heterocycles. The lowest BCUT2D eigenvalue weighted by atomic mass is 10.0. The third kappa shape index (κ3) is 5.19. The van der Waals surface area contributed by atoms with Crippen LogP contribution in [0.25, 0.3) is 0 Å². The zero-order valence-electron chi connectivity index (χ0n) is 12.2. The second-order valence-corrected chi connectivity index (χ2v) is 4.95. The van der Waals surface area contributed by atoms with E-state index in [4.69, 9.17) is 14.2 Å². The largest absolute Gasteiger partial charge is 0.497 e. The summed E-state index contributed by atoms with van der Waals surface area (Å²) < 4.78 is 16.3. The highest BCUT2D eigenvalue weighted by molar-refractivity contribution is 5.85. The molecule has 1 aliphatic heterocycles. The van der Waals surface area contributed by atoms with E-state index in [-0.39, 0.29) is 12.4 Å². The highest BCUT2D eigenvalue weighted by atomic mass is 35.5. The van der Waals surface area contributed by atoms with Gasteiger partial charge in [0, 0.05) is 12.6 Å². The molecule has 1 fully saturated rings. The van der Waals surface area contributed by atoms with E-state index < -0.39 is 0 Å². The van der Waals surface area contributed by atoms with E-state index >= 15 is 0 Å². The molecule has 1 aromatic carbocycles. The average molecular weight is 302 g/mol. The van der Waals surface area contributed by atoms with Crippen LogP contribution in [-0.2, 0) is 11.3 Å². The molecule has 20 heavy (non-hydrogen) atoms. The highest BCUT2D eigenvalue weighted by Gasteiger charge is 2.13. The summed E-state index contributed by atoms with van der Waals surface area (Å²) in [4.78, 5) is 0. The first kappa shape index (κ1) is 17.1. The number of hydrogen-bond donors (Lipinski definition) is 1. The maximum atomic E-state index is 5.81. The normalized spacial score (nSPS) is 18.2. The molecule has 0 bridgehead atoms. The van der Waals surface area contributed by atoms with Gasteiger partial charge < -0.3 is 19.5 Å². The lowest BCUT2D eigenvalue weighted by molar-refractivity contribution is 0.0781. The van der Waals surface area contributed by atoms with Gasteiger partial charge in [-0.1, -0.05) is 0 Å². The fourth-order valence-electron chi connectivity index (χ4n) is 2.36. The number of halogens is 1. The molecule has 2 rings (SSSR count). The molecule has 0 radical (unpaired) electrons. The Morgan fingerprint density at radius 2 is 1.85 bits per heavy atom. The number of rotatable bonds is 6. The van der Waals surface area contributed by atoms with E-state index in [1.54, 1.807) is 14.2 Å². The van der Waals surface area contributed by atoms with Crippen LogP contribution in [0, 0.1) is 5.92 Å². The van der Waals surface area contributed by atoms with Gasteiger partial charge in [-0.3, -0.25) is 0 Å². The Labute approximate surface area is 127 Å². The molecule has 1 unspecified atom stereocenters. The van der Waals surface area contributed by atoms with Crippen LogP contribution in [0.3, 0.4) is 0 Å². The van der Waals surface area contributed by atoms with Crippen molar-refractivity contribution in [3.05, 3.63) is 23.8 Å². The number of methoxy groups -OCH3 is 2. The molecule has 0 aliphatic carbocycles. The van der Waals surface area contributed by atoms with Gasteiger partial charge >= 0.3 is 0 Å². The predicted octanol–water partition coefficient (Wildman–Crippen LogP) is 2.64. The Hall–Kier alpha value is -0.970. The maximum Gasteiger partial charge on any atom is 0.122 e. The molecule has 0 saturated carbocycles. The number of nitrogens with one attached hydrogen (secondary N) is 1. The molecule has 1 saturated heterocycles. The molecule has 4 nitrogen and oxygen atoms in total. The molecule has 1 heterocycles. The number of piperidine rings is 1. The van der Waals surface area contributed by atoms with Crippen molar-refractivity contribution < 1.29 is 14.2 Å². The van der Waals surface area contributed by atoms with Gasteiger partial charge in [0.1, 0.15) is 11.5 Å². The Bertz CT molecular complexity index is 372. The van der Waals surface area contributed by atoms with Gasteiger partial charge in [0.05, 0.1) is 27.4 Å². The molecule has 0 spiro atoms. The second kappa shape index (κ2) is 9.06. The third-order valence-corrected chi connectivity index (χ3v) is 3.43. The number of hydrogen-bond acceptors (Lipinski definition) is 4. The van der Waals surface area contributed by atoms with E-state index in [0.29, 0.717) is 12.5 Å². The summed E-state index contributed by atoms with van der Waals surface area (Å²) in [5.41, 5.74) is 1.08. The summed E-state index contributed by atoms with van der Waals surface area (Å²) in [6.07, 6.45) is 2.51. The van der Waals surface area contributed by atoms with Crippen molar-refractivity contribution in [2.24, 2.45) is 5.92 Å². The molecule has 0 amide bonds. The molecule has 1 N–H and O–H groups in total. The van der Waals surface area contributed by atoms with E-state index in [1.807, 2.05) is 18.2 Å². The number of ether oxygens (including phenoxy) is 3. The highest BCUT2D eigenvalue weighted by Crippen LogP contribution is 2.23. The van der Waals surface area contributed by atoms with Gasteiger partial charge in [-0.25, -0.2) is 0 Å². The summed E-state index contributed by atoms with van der Waals surface area (Å²) in [6, 6.07) is 5.85. The van der Waals surface area contributed by atoms with Crippen LogP contribution >= 0.6 is 12.4 Å². The molecular formula is C15H24ClNO3. The van der Waals surface area contributed by atoms with Crippen molar-refractivity contribution in [2.75, 3.05) is 33.9 Å². The Morgan fingerprint density at radius 1 is 1.15 bits per heavy atom. The first-order valence-electron chi connectivity index (χ1n) is 6.82. The molecule has 114 valence electrons. The van der Waals surface area contributed by atoms with Gasteiger partial charge in [0.25, 0.3) is 0 Å². The molecular weight excluding hydrogens is 278 g/mol. The summed E-state index contributed by atoms with van der Waals surface area (Å²) in [5, 5.41) is 3.40. The minimum atomic E-state index is 0. The summed E-state index contributed by atoms with van der Waals surface area (Å²) in [7, 11) is 3.32. The quantitative estimate of drug-likeness (QED) is 0.877. The van der Waals surface area contributed by atoms with Crippen molar-refractivity contribution in [3.8, 4) is 11.5 Å². The monoisotopic (exact) mass is 301 g/mol. The van der Waals surface area contributed by atoms with Gasteiger partial charge in [-0.05, 0) is 43.0 Å². The van der Waals surface area contributed by atoms with Crippen molar-refractivity contribution in [2.45, 2.75) is 19.4 Å². The van der Waals surface area contributed by atoms with E-state index in [2.05, 4.69) is 5.32 Å². The van der Waals surface area contributed by atoms with Crippen LogP contribution in [-0.4, -0.2) is 33.9 Å². The minimum absolute atomic E-state index is 0. The lowest BCUT2D eigenvalue weighted by Crippen LogP contribution is -2.32. The van der Waals surface area contributed by atoms with Gasteiger partial charge in [-0.2, -0.15) is 0 Å². The van der Waals surface area contributed by atoms with E-state index in [0.717, 1.165) is 36.8 Å². The van der Waals surface area contributed by atoms with Crippen molar-refractivity contribution in [1.82, 2.24) is 5.32 Å². The Balaban J connectivity index is 0.00000200. The lowest BCUT2D eigenvalue weighted by Gasteiger charge is -2.22. The molecule has 1 aromatic rings. The zero-order chi connectivity index (χ0) is 13.5. The standard InChI is InChI=1S/C15H23NO3.ClH/c1-17-14-6-13(7-15(8-14)18-2)11-19-10-12-4-3-5-16-9-12;/h6-8,12,16H,3-5,9-11H2,1-2H3;1H. The maximum absolute atomic E-state index is 5.81. The van der Waals surface area contributed by atoms with Gasteiger partial charge in [0.2, 0.25) is 0 Å². The van der Waals surface area contributed by atoms with Crippen LogP contribution in [0.1, 0.15) is 18.4 Å². The molecule has 1 atom stereocenters. The Kier molecular flexibility index (Phi) is 7.73. The number of benzene rings is 1. The second-order valence-electron chi connectivity index (χ2n) is 4.95. The van der Waals surface area contributed by atoms with Crippen molar-refractivity contribution in [3.63, 3.8) is 0 Å². The summed E-state index contributed by atoms with van der Waals surface area (Å²) in [5.74, 6) is 2.25. The topological polar surface area (TPSA) is 39.7 Å². The van der Waals surface area contributed by atoms with E-state index in [1.165, 1.54) is 12.8 Å². The van der Waals surface area contributed by atoms with Crippen LogP contribution in [0.15, 0.2) is 18.2 Å².